The fourth-order valence-electron chi connectivity index (χ4n) is 2.12. The summed E-state index contributed by atoms with van der Waals surface area (Å²) in [7, 11) is 0. The van der Waals surface area contributed by atoms with Gasteiger partial charge in [-0.2, -0.15) is 0 Å². The Bertz CT molecular complexity index is 576. The maximum atomic E-state index is 12.1. The van der Waals surface area contributed by atoms with Gasteiger partial charge in [0.1, 0.15) is 0 Å². The van der Waals surface area contributed by atoms with Crippen LogP contribution >= 0.6 is 0 Å². The summed E-state index contributed by atoms with van der Waals surface area (Å²) >= 11 is 0. The van der Waals surface area contributed by atoms with Gasteiger partial charge < -0.3 is 10.4 Å². The molecule has 0 heterocycles. The Morgan fingerprint density at radius 1 is 1.00 bits per heavy atom. The lowest BCUT2D eigenvalue weighted by Crippen LogP contribution is -2.41. The molecule has 0 saturated carbocycles. The van der Waals surface area contributed by atoms with E-state index in [-0.39, 0.29) is 24.5 Å². The molecule has 110 valence electrons. The Kier molecular flexibility index (Phi) is 5.12. The second-order valence-corrected chi connectivity index (χ2v) is 5.45. The van der Waals surface area contributed by atoms with Crippen molar-refractivity contribution >= 4 is 5.91 Å². The van der Waals surface area contributed by atoms with Crippen LogP contribution in [0.15, 0.2) is 54.6 Å². The Morgan fingerprint density at radius 3 is 2.10 bits per heavy atom. The van der Waals surface area contributed by atoms with Crippen LogP contribution in [0, 0.1) is 5.92 Å². The van der Waals surface area contributed by atoms with Gasteiger partial charge in [0.2, 0.25) is 0 Å². The minimum absolute atomic E-state index is 0.0501. The van der Waals surface area contributed by atoms with Crippen molar-refractivity contribution in [1.82, 2.24) is 5.32 Å². The Labute approximate surface area is 125 Å². The number of rotatable bonds is 5. The fraction of sp³-hybridized carbons (Fsp3) is 0.278. The van der Waals surface area contributed by atoms with E-state index in [4.69, 9.17) is 0 Å². The van der Waals surface area contributed by atoms with Crippen molar-refractivity contribution in [3.63, 3.8) is 0 Å². The first kappa shape index (κ1) is 15.3. The lowest BCUT2D eigenvalue weighted by Gasteiger charge is -2.19. The number of carbonyl (C=O) groups excluding carboxylic acids is 1. The largest absolute Gasteiger partial charge is 0.394 e. The summed E-state index contributed by atoms with van der Waals surface area (Å²) < 4.78 is 0. The lowest BCUT2D eigenvalue weighted by atomic mass is 10.0. The van der Waals surface area contributed by atoms with E-state index in [0.717, 1.165) is 11.1 Å². The molecule has 3 heteroatoms. The molecule has 0 aliphatic carbocycles. The molecule has 0 spiro atoms. The third-order valence-electron chi connectivity index (χ3n) is 3.57. The van der Waals surface area contributed by atoms with Gasteiger partial charge in [0.25, 0.3) is 5.91 Å². The summed E-state index contributed by atoms with van der Waals surface area (Å²) in [5.41, 5.74) is 2.81. The first-order chi connectivity index (χ1) is 10.1. The number of amides is 1. The Morgan fingerprint density at radius 2 is 1.57 bits per heavy atom. The molecule has 0 aliphatic heterocycles. The summed E-state index contributed by atoms with van der Waals surface area (Å²) in [6, 6.07) is 17.3. The van der Waals surface area contributed by atoms with Crippen LogP contribution in [-0.2, 0) is 0 Å². The van der Waals surface area contributed by atoms with Crippen molar-refractivity contribution in [2.75, 3.05) is 6.61 Å². The third kappa shape index (κ3) is 3.92. The molecule has 0 aromatic heterocycles. The number of aliphatic hydroxyl groups excluding tert-OH is 1. The number of carbonyl (C=O) groups is 1. The van der Waals surface area contributed by atoms with Crippen molar-refractivity contribution in [3.05, 3.63) is 60.2 Å². The maximum Gasteiger partial charge on any atom is 0.251 e. The summed E-state index contributed by atoms with van der Waals surface area (Å²) in [5, 5.41) is 12.1. The molecule has 2 rings (SSSR count). The molecule has 0 bridgehead atoms. The molecule has 2 N–H and O–H groups in total. The van der Waals surface area contributed by atoms with Crippen LogP contribution in [0.25, 0.3) is 11.1 Å². The van der Waals surface area contributed by atoms with E-state index in [9.17, 15) is 9.90 Å². The first-order valence-electron chi connectivity index (χ1n) is 7.19. The average Bonchev–Trinajstić information content (AvgIpc) is 2.53. The monoisotopic (exact) mass is 283 g/mol. The van der Waals surface area contributed by atoms with Gasteiger partial charge in [-0.3, -0.25) is 4.79 Å². The molecule has 0 saturated heterocycles. The summed E-state index contributed by atoms with van der Waals surface area (Å²) in [6.07, 6.45) is 0. The number of nitrogens with one attached hydrogen (secondary N) is 1. The van der Waals surface area contributed by atoms with E-state index < -0.39 is 0 Å². The molecule has 0 fully saturated rings. The molecule has 0 aliphatic rings. The molecular formula is C18H21NO2. The zero-order valence-corrected chi connectivity index (χ0v) is 12.4. The van der Waals surface area contributed by atoms with Crippen LogP contribution in [-0.4, -0.2) is 23.7 Å². The van der Waals surface area contributed by atoms with E-state index >= 15 is 0 Å². The van der Waals surface area contributed by atoms with Gasteiger partial charge >= 0.3 is 0 Å². The van der Waals surface area contributed by atoms with Gasteiger partial charge in [0.05, 0.1) is 12.6 Å². The average molecular weight is 283 g/mol. The van der Waals surface area contributed by atoms with Crippen LogP contribution < -0.4 is 5.32 Å². The second kappa shape index (κ2) is 7.04. The van der Waals surface area contributed by atoms with Crippen molar-refractivity contribution in [1.29, 1.82) is 0 Å². The van der Waals surface area contributed by atoms with Crippen LogP contribution in [0.4, 0.5) is 0 Å². The van der Waals surface area contributed by atoms with E-state index in [1.165, 1.54) is 0 Å². The van der Waals surface area contributed by atoms with Gasteiger partial charge in [0, 0.05) is 5.56 Å². The Balaban J connectivity index is 2.10. The highest BCUT2D eigenvalue weighted by atomic mass is 16.3. The minimum atomic E-state index is -0.216. The molecule has 0 radical (unpaired) electrons. The maximum absolute atomic E-state index is 12.1. The van der Waals surface area contributed by atoms with Gasteiger partial charge in [-0.1, -0.05) is 56.3 Å². The van der Waals surface area contributed by atoms with Crippen LogP contribution in [0.5, 0.6) is 0 Å². The highest BCUT2D eigenvalue weighted by Gasteiger charge is 2.16. The highest BCUT2D eigenvalue weighted by Crippen LogP contribution is 2.19. The van der Waals surface area contributed by atoms with Gasteiger partial charge in [0.15, 0.2) is 0 Å². The standard InChI is InChI=1S/C18H21NO2/c1-13(2)17(12-20)19-18(21)16-10-8-15(9-11-16)14-6-4-3-5-7-14/h3-11,13,17,20H,12H2,1-2H3,(H,19,21)/t17-/m1/s1. The van der Waals surface area contributed by atoms with E-state index in [1.807, 2.05) is 68.4 Å². The molecule has 2 aromatic carbocycles. The SMILES string of the molecule is CC(C)[C@@H](CO)NC(=O)c1ccc(-c2ccccc2)cc1. The molecule has 3 nitrogen and oxygen atoms in total. The van der Waals surface area contributed by atoms with Gasteiger partial charge in [-0.15, -0.1) is 0 Å². The first-order valence-corrected chi connectivity index (χ1v) is 7.19. The summed E-state index contributed by atoms with van der Waals surface area (Å²) in [4.78, 5) is 12.1. The smallest absolute Gasteiger partial charge is 0.251 e. The summed E-state index contributed by atoms with van der Waals surface area (Å²) in [6.45, 7) is 3.89. The highest BCUT2D eigenvalue weighted by molar-refractivity contribution is 5.94. The molecule has 1 atom stereocenters. The number of hydrogen-bond acceptors (Lipinski definition) is 2. The van der Waals surface area contributed by atoms with Crippen LogP contribution in [0.3, 0.4) is 0 Å². The molecule has 2 aromatic rings. The molecule has 0 unspecified atom stereocenters. The molecule has 21 heavy (non-hydrogen) atoms. The van der Waals surface area contributed by atoms with E-state index in [1.54, 1.807) is 0 Å². The van der Waals surface area contributed by atoms with E-state index in [2.05, 4.69) is 5.32 Å². The van der Waals surface area contributed by atoms with Crippen molar-refractivity contribution < 1.29 is 9.90 Å². The van der Waals surface area contributed by atoms with Crippen LogP contribution in [0.1, 0.15) is 24.2 Å². The molecular weight excluding hydrogens is 262 g/mol. The van der Waals surface area contributed by atoms with Gasteiger partial charge in [-0.25, -0.2) is 0 Å². The predicted molar refractivity (Wildman–Crippen MR) is 85.1 cm³/mol. The Hall–Kier alpha value is -2.13. The van der Waals surface area contributed by atoms with Gasteiger partial charge in [-0.05, 0) is 29.2 Å². The quantitative estimate of drug-likeness (QED) is 0.886. The number of aliphatic hydroxyl groups is 1. The van der Waals surface area contributed by atoms with Crippen LogP contribution in [0.2, 0.25) is 0 Å². The number of hydrogen-bond donors (Lipinski definition) is 2. The van der Waals surface area contributed by atoms with Crippen molar-refractivity contribution in [2.45, 2.75) is 19.9 Å². The van der Waals surface area contributed by atoms with Crippen molar-refractivity contribution in [2.24, 2.45) is 5.92 Å². The zero-order valence-electron chi connectivity index (χ0n) is 12.4. The lowest BCUT2D eigenvalue weighted by molar-refractivity contribution is 0.0897. The second-order valence-electron chi connectivity index (χ2n) is 5.45. The molecule has 1 amide bonds. The third-order valence-corrected chi connectivity index (χ3v) is 3.57. The zero-order chi connectivity index (χ0) is 15.2. The predicted octanol–water partition coefficient (Wildman–Crippen LogP) is 3.10. The summed E-state index contributed by atoms with van der Waals surface area (Å²) in [5.74, 6) is 0.0462. The number of benzene rings is 2. The van der Waals surface area contributed by atoms with E-state index in [0.29, 0.717) is 5.56 Å². The topological polar surface area (TPSA) is 49.3 Å². The van der Waals surface area contributed by atoms with Crippen molar-refractivity contribution in [3.8, 4) is 11.1 Å². The fourth-order valence-corrected chi connectivity index (χ4v) is 2.12. The normalized spacial score (nSPS) is 12.2. The minimum Gasteiger partial charge on any atom is -0.394 e.